The number of amides is 2. The first-order chi connectivity index (χ1) is 14.9. The van der Waals surface area contributed by atoms with Gasteiger partial charge in [-0.25, -0.2) is 4.39 Å². The highest BCUT2D eigenvalue weighted by molar-refractivity contribution is 5.78. The first kappa shape index (κ1) is 21.3. The topological polar surface area (TPSA) is 61.9 Å². The van der Waals surface area contributed by atoms with Gasteiger partial charge in [0, 0.05) is 51.5 Å². The Kier molecular flexibility index (Phi) is 6.23. The molecule has 2 aliphatic rings. The number of halogens is 1. The normalized spacial score (nSPS) is 18.1. The smallest absolute Gasteiger partial charge is 0.234 e. The van der Waals surface area contributed by atoms with E-state index in [1.54, 1.807) is 19.1 Å². The molecule has 31 heavy (non-hydrogen) atoms. The van der Waals surface area contributed by atoms with Crippen molar-refractivity contribution in [3.63, 3.8) is 0 Å². The molecule has 1 spiro atoms. The zero-order valence-electron chi connectivity index (χ0n) is 17.8. The number of nitrogens with zero attached hydrogens (tertiary/aromatic N) is 2. The molecular formula is C24H28FN3O3. The van der Waals surface area contributed by atoms with Crippen LogP contribution in [0.3, 0.4) is 0 Å². The van der Waals surface area contributed by atoms with Gasteiger partial charge in [-0.1, -0.05) is 30.3 Å². The second-order valence-corrected chi connectivity index (χ2v) is 8.45. The fraction of sp³-hybridized carbons (Fsp3) is 0.417. The van der Waals surface area contributed by atoms with Crippen LogP contribution >= 0.6 is 0 Å². The number of likely N-dealkylation sites (tertiary alicyclic amines) is 1. The van der Waals surface area contributed by atoms with E-state index >= 15 is 0 Å². The Bertz CT molecular complexity index is 939. The predicted octanol–water partition coefficient (Wildman–Crippen LogP) is 2.72. The number of carbonyl (C=O) groups is 2. The molecule has 0 radical (unpaired) electrons. The quantitative estimate of drug-likeness (QED) is 0.818. The fourth-order valence-electron chi connectivity index (χ4n) is 4.27. The third-order valence-corrected chi connectivity index (χ3v) is 6.12. The van der Waals surface area contributed by atoms with E-state index < -0.39 is 5.60 Å². The number of nitrogens with one attached hydrogen (secondary N) is 1. The summed E-state index contributed by atoms with van der Waals surface area (Å²) in [5.74, 6) is 0.542. The molecule has 0 unspecified atom stereocenters. The van der Waals surface area contributed by atoms with Gasteiger partial charge < -0.3 is 15.0 Å². The van der Waals surface area contributed by atoms with E-state index in [1.165, 1.54) is 12.1 Å². The SMILES string of the molecule is CC(=O)N1Cc2ccccc2OC2(CCN(CC(=O)NCc3ccc(F)cc3)CC2)C1. The van der Waals surface area contributed by atoms with Crippen LogP contribution in [0, 0.1) is 5.82 Å². The summed E-state index contributed by atoms with van der Waals surface area (Å²) in [7, 11) is 0. The highest BCUT2D eigenvalue weighted by atomic mass is 19.1. The standard InChI is InChI=1S/C24H28FN3O3/c1-18(29)28-15-20-4-2-3-5-22(20)31-24(17-28)10-12-27(13-11-24)16-23(30)26-14-19-6-8-21(25)9-7-19/h2-9H,10-17H2,1H3,(H,26,30). The van der Waals surface area contributed by atoms with Crippen molar-refractivity contribution in [2.75, 3.05) is 26.2 Å². The molecule has 0 atom stereocenters. The number of para-hydroxylation sites is 1. The Morgan fingerprint density at radius 3 is 2.52 bits per heavy atom. The van der Waals surface area contributed by atoms with Crippen LogP contribution in [0.4, 0.5) is 4.39 Å². The lowest BCUT2D eigenvalue weighted by Crippen LogP contribution is -2.55. The average molecular weight is 426 g/mol. The number of rotatable bonds is 4. The largest absolute Gasteiger partial charge is 0.485 e. The zero-order chi connectivity index (χ0) is 21.8. The summed E-state index contributed by atoms with van der Waals surface area (Å²) in [4.78, 5) is 28.5. The van der Waals surface area contributed by atoms with Crippen LogP contribution in [-0.4, -0.2) is 53.4 Å². The van der Waals surface area contributed by atoms with Gasteiger partial charge in [-0.3, -0.25) is 14.5 Å². The summed E-state index contributed by atoms with van der Waals surface area (Å²) >= 11 is 0. The van der Waals surface area contributed by atoms with Gasteiger partial charge in [-0.2, -0.15) is 0 Å². The fourth-order valence-corrected chi connectivity index (χ4v) is 4.27. The number of piperidine rings is 1. The first-order valence-corrected chi connectivity index (χ1v) is 10.7. The average Bonchev–Trinajstić information content (AvgIpc) is 2.92. The van der Waals surface area contributed by atoms with Gasteiger partial charge in [0.15, 0.2) is 0 Å². The second kappa shape index (κ2) is 9.06. The second-order valence-electron chi connectivity index (χ2n) is 8.45. The molecule has 0 bridgehead atoms. The molecule has 1 fully saturated rings. The van der Waals surface area contributed by atoms with Gasteiger partial charge in [-0.15, -0.1) is 0 Å². The Hall–Kier alpha value is -2.93. The molecule has 2 heterocycles. The van der Waals surface area contributed by atoms with Gasteiger partial charge >= 0.3 is 0 Å². The molecular weight excluding hydrogens is 397 g/mol. The van der Waals surface area contributed by atoms with E-state index in [0.717, 1.165) is 42.8 Å². The lowest BCUT2D eigenvalue weighted by atomic mass is 9.90. The number of benzene rings is 2. The van der Waals surface area contributed by atoms with Crippen LogP contribution in [0.25, 0.3) is 0 Å². The molecule has 1 N–H and O–H groups in total. The van der Waals surface area contributed by atoms with Crippen molar-refractivity contribution in [2.45, 2.75) is 38.5 Å². The van der Waals surface area contributed by atoms with E-state index in [1.807, 2.05) is 29.2 Å². The van der Waals surface area contributed by atoms with Crippen molar-refractivity contribution < 1.29 is 18.7 Å². The van der Waals surface area contributed by atoms with E-state index in [0.29, 0.717) is 26.2 Å². The molecule has 164 valence electrons. The Labute approximate surface area is 182 Å². The highest BCUT2D eigenvalue weighted by Crippen LogP contribution is 2.35. The summed E-state index contributed by atoms with van der Waals surface area (Å²) in [5, 5.41) is 2.89. The minimum atomic E-state index is -0.431. The number of hydrogen-bond acceptors (Lipinski definition) is 4. The van der Waals surface area contributed by atoms with Crippen LogP contribution in [0.2, 0.25) is 0 Å². The molecule has 2 aliphatic heterocycles. The molecule has 7 heteroatoms. The lowest BCUT2D eigenvalue weighted by molar-refractivity contribution is -0.133. The maximum Gasteiger partial charge on any atom is 0.234 e. The molecule has 0 saturated carbocycles. The van der Waals surface area contributed by atoms with Crippen molar-refractivity contribution in [3.8, 4) is 5.75 Å². The molecule has 2 amide bonds. The van der Waals surface area contributed by atoms with Crippen molar-refractivity contribution in [2.24, 2.45) is 0 Å². The van der Waals surface area contributed by atoms with Gasteiger partial charge in [0.2, 0.25) is 11.8 Å². The minimum absolute atomic E-state index is 0.0438. The Morgan fingerprint density at radius 2 is 1.81 bits per heavy atom. The molecule has 6 nitrogen and oxygen atoms in total. The minimum Gasteiger partial charge on any atom is -0.485 e. The third kappa shape index (κ3) is 5.22. The van der Waals surface area contributed by atoms with Crippen molar-refractivity contribution >= 4 is 11.8 Å². The zero-order valence-corrected chi connectivity index (χ0v) is 17.8. The van der Waals surface area contributed by atoms with Crippen LogP contribution < -0.4 is 10.1 Å². The van der Waals surface area contributed by atoms with E-state index in [-0.39, 0.29) is 17.6 Å². The van der Waals surface area contributed by atoms with Gasteiger partial charge in [0.25, 0.3) is 0 Å². The number of hydrogen-bond donors (Lipinski definition) is 1. The third-order valence-electron chi connectivity index (χ3n) is 6.12. The first-order valence-electron chi connectivity index (χ1n) is 10.7. The van der Waals surface area contributed by atoms with Crippen molar-refractivity contribution in [3.05, 3.63) is 65.5 Å². The Balaban J connectivity index is 1.34. The predicted molar refractivity (Wildman–Crippen MR) is 115 cm³/mol. The van der Waals surface area contributed by atoms with Crippen molar-refractivity contribution in [1.29, 1.82) is 0 Å². The Morgan fingerprint density at radius 1 is 1.10 bits per heavy atom. The maximum atomic E-state index is 13.0. The number of fused-ring (bicyclic) bond motifs is 1. The van der Waals surface area contributed by atoms with Crippen LogP contribution in [0.15, 0.2) is 48.5 Å². The lowest BCUT2D eigenvalue weighted by Gasteiger charge is -2.42. The van der Waals surface area contributed by atoms with Crippen LogP contribution in [0.5, 0.6) is 5.75 Å². The molecule has 2 aromatic carbocycles. The molecule has 2 aromatic rings. The summed E-state index contributed by atoms with van der Waals surface area (Å²) in [6, 6.07) is 14.0. The number of ether oxygens (including phenoxy) is 1. The molecule has 4 rings (SSSR count). The van der Waals surface area contributed by atoms with Gasteiger partial charge in [0.05, 0.1) is 13.1 Å². The molecule has 0 aromatic heterocycles. The summed E-state index contributed by atoms with van der Waals surface area (Å²) in [5.41, 5.74) is 1.46. The van der Waals surface area contributed by atoms with Crippen molar-refractivity contribution in [1.82, 2.24) is 15.1 Å². The monoisotopic (exact) mass is 425 g/mol. The maximum absolute atomic E-state index is 13.0. The van der Waals surface area contributed by atoms with Gasteiger partial charge in [-0.05, 0) is 23.8 Å². The molecule has 1 saturated heterocycles. The summed E-state index contributed by atoms with van der Waals surface area (Å²) in [6.07, 6.45) is 1.49. The highest BCUT2D eigenvalue weighted by Gasteiger charge is 2.41. The summed E-state index contributed by atoms with van der Waals surface area (Å²) < 4.78 is 19.5. The van der Waals surface area contributed by atoms with E-state index in [9.17, 15) is 14.0 Å². The van der Waals surface area contributed by atoms with E-state index in [4.69, 9.17) is 4.74 Å². The summed E-state index contributed by atoms with van der Waals surface area (Å²) in [6.45, 7) is 4.84. The van der Waals surface area contributed by atoms with E-state index in [2.05, 4.69) is 10.2 Å². The number of carbonyl (C=O) groups excluding carboxylic acids is 2. The van der Waals surface area contributed by atoms with Crippen LogP contribution in [-0.2, 0) is 22.7 Å². The van der Waals surface area contributed by atoms with Crippen LogP contribution in [0.1, 0.15) is 30.9 Å². The molecule has 0 aliphatic carbocycles. The van der Waals surface area contributed by atoms with Gasteiger partial charge in [0.1, 0.15) is 17.2 Å².